The van der Waals surface area contributed by atoms with Gasteiger partial charge in [0.15, 0.2) is 0 Å². The number of fused-ring (bicyclic) bond motifs is 3. The summed E-state index contributed by atoms with van der Waals surface area (Å²) >= 11 is 0. The van der Waals surface area contributed by atoms with Gasteiger partial charge in [0.2, 0.25) is 0 Å². The van der Waals surface area contributed by atoms with Gasteiger partial charge in [-0.2, -0.15) is 0 Å². The highest BCUT2D eigenvalue weighted by atomic mass is 16.3. The molecule has 0 amide bonds. The Balaban J connectivity index is 1.80. The van der Waals surface area contributed by atoms with Crippen molar-refractivity contribution in [3.8, 4) is 0 Å². The van der Waals surface area contributed by atoms with Crippen molar-refractivity contribution in [2.24, 2.45) is 29.1 Å². The molecule has 5 atom stereocenters. The van der Waals surface area contributed by atoms with E-state index in [0.717, 1.165) is 24.2 Å². The van der Waals surface area contributed by atoms with Crippen LogP contribution in [0, 0.1) is 29.1 Å². The molecule has 3 aliphatic carbocycles. The molecule has 0 aromatic heterocycles. The van der Waals surface area contributed by atoms with Gasteiger partial charge >= 0.3 is 0 Å². The Morgan fingerprint density at radius 1 is 1.00 bits per heavy atom. The fourth-order valence-corrected chi connectivity index (χ4v) is 4.80. The summed E-state index contributed by atoms with van der Waals surface area (Å²) < 4.78 is 0. The standard InChI is InChI=1S/C13H22O/c1-13(2)6-8-5-10-9(11(8)7-13)3-4-12(10)14/h8-12,14H,3-7H2,1-2H3/t8-,9+,10+,11+,12-/m0/s1. The molecule has 1 heteroatoms. The van der Waals surface area contributed by atoms with Gasteiger partial charge in [-0.25, -0.2) is 0 Å². The van der Waals surface area contributed by atoms with Gasteiger partial charge in [-0.05, 0) is 61.2 Å². The minimum atomic E-state index is 0.0497. The van der Waals surface area contributed by atoms with Crippen LogP contribution in [0.5, 0.6) is 0 Å². The number of aliphatic hydroxyl groups excluding tert-OH is 1. The highest BCUT2D eigenvalue weighted by molar-refractivity contribution is 5.03. The third kappa shape index (κ3) is 1.18. The molecular weight excluding hydrogens is 172 g/mol. The zero-order chi connectivity index (χ0) is 9.92. The SMILES string of the molecule is CC1(C)C[C@@H]2C[C@@H]3[C@@H](CC[C@@H]3O)[C@@H]2C1. The highest BCUT2D eigenvalue weighted by Crippen LogP contribution is 2.61. The van der Waals surface area contributed by atoms with Crippen molar-refractivity contribution in [1.29, 1.82) is 0 Å². The van der Waals surface area contributed by atoms with Gasteiger partial charge in [0, 0.05) is 0 Å². The van der Waals surface area contributed by atoms with Crippen LogP contribution in [0.1, 0.15) is 46.0 Å². The Morgan fingerprint density at radius 3 is 2.57 bits per heavy atom. The average molecular weight is 194 g/mol. The maximum atomic E-state index is 9.88. The number of aliphatic hydroxyl groups is 1. The molecule has 1 nitrogen and oxygen atoms in total. The van der Waals surface area contributed by atoms with Crippen LogP contribution in [0.4, 0.5) is 0 Å². The van der Waals surface area contributed by atoms with E-state index in [4.69, 9.17) is 0 Å². The summed E-state index contributed by atoms with van der Waals surface area (Å²) in [4.78, 5) is 0. The van der Waals surface area contributed by atoms with Crippen LogP contribution < -0.4 is 0 Å². The highest BCUT2D eigenvalue weighted by Gasteiger charge is 2.54. The van der Waals surface area contributed by atoms with E-state index >= 15 is 0 Å². The third-order valence-electron chi connectivity index (χ3n) is 5.17. The van der Waals surface area contributed by atoms with Crippen LogP contribution in [0.25, 0.3) is 0 Å². The first-order chi connectivity index (χ1) is 6.57. The molecule has 0 aromatic rings. The molecule has 1 N–H and O–H groups in total. The Kier molecular flexibility index (Phi) is 1.81. The smallest absolute Gasteiger partial charge is 0.0571 e. The zero-order valence-corrected chi connectivity index (χ0v) is 9.37. The van der Waals surface area contributed by atoms with E-state index in [1.54, 1.807) is 0 Å². The first-order valence-electron chi connectivity index (χ1n) is 6.25. The number of rotatable bonds is 0. The topological polar surface area (TPSA) is 20.2 Å². The molecule has 0 bridgehead atoms. The molecular formula is C13H22O. The average Bonchev–Trinajstić information content (AvgIpc) is 2.63. The Morgan fingerprint density at radius 2 is 1.79 bits per heavy atom. The van der Waals surface area contributed by atoms with E-state index in [9.17, 15) is 5.11 Å². The summed E-state index contributed by atoms with van der Waals surface area (Å²) in [6.45, 7) is 4.84. The number of hydrogen-bond donors (Lipinski definition) is 1. The normalized spacial score (nSPS) is 54.6. The minimum Gasteiger partial charge on any atom is -0.393 e. The van der Waals surface area contributed by atoms with Crippen LogP contribution >= 0.6 is 0 Å². The van der Waals surface area contributed by atoms with Crippen molar-refractivity contribution >= 4 is 0 Å². The Bertz CT molecular complexity index is 246. The lowest BCUT2D eigenvalue weighted by Gasteiger charge is -2.23. The summed E-state index contributed by atoms with van der Waals surface area (Å²) in [5.74, 6) is 3.49. The fraction of sp³-hybridized carbons (Fsp3) is 1.00. The van der Waals surface area contributed by atoms with E-state index < -0.39 is 0 Å². The predicted molar refractivity (Wildman–Crippen MR) is 56.8 cm³/mol. The van der Waals surface area contributed by atoms with Crippen molar-refractivity contribution < 1.29 is 5.11 Å². The van der Waals surface area contributed by atoms with Crippen molar-refractivity contribution in [2.75, 3.05) is 0 Å². The van der Waals surface area contributed by atoms with Gasteiger partial charge in [0.1, 0.15) is 0 Å². The third-order valence-corrected chi connectivity index (χ3v) is 5.17. The second-order valence-electron chi connectivity index (χ2n) is 6.70. The van der Waals surface area contributed by atoms with E-state index in [-0.39, 0.29) is 6.10 Å². The van der Waals surface area contributed by atoms with E-state index in [1.165, 1.54) is 25.7 Å². The van der Waals surface area contributed by atoms with Crippen LogP contribution in [0.3, 0.4) is 0 Å². The quantitative estimate of drug-likeness (QED) is 0.628. The summed E-state index contributed by atoms with van der Waals surface area (Å²) in [6, 6.07) is 0. The van der Waals surface area contributed by atoms with E-state index in [1.807, 2.05) is 0 Å². The maximum absolute atomic E-state index is 9.88. The van der Waals surface area contributed by atoms with E-state index in [0.29, 0.717) is 11.3 Å². The van der Waals surface area contributed by atoms with Gasteiger partial charge in [0.25, 0.3) is 0 Å². The largest absolute Gasteiger partial charge is 0.393 e. The Hall–Kier alpha value is -0.0400. The van der Waals surface area contributed by atoms with Crippen molar-refractivity contribution in [3.63, 3.8) is 0 Å². The van der Waals surface area contributed by atoms with Gasteiger partial charge < -0.3 is 5.11 Å². The van der Waals surface area contributed by atoms with Crippen LogP contribution in [0.2, 0.25) is 0 Å². The molecule has 80 valence electrons. The molecule has 0 saturated heterocycles. The molecule has 14 heavy (non-hydrogen) atoms. The van der Waals surface area contributed by atoms with Gasteiger partial charge in [-0.15, -0.1) is 0 Å². The van der Waals surface area contributed by atoms with Gasteiger partial charge in [0.05, 0.1) is 6.10 Å². The van der Waals surface area contributed by atoms with Crippen molar-refractivity contribution in [3.05, 3.63) is 0 Å². The second-order valence-corrected chi connectivity index (χ2v) is 6.70. The number of hydrogen-bond acceptors (Lipinski definition) is 1. The predicted octanol–water partition coefficient (Wildman–Crippen LogP) is 2.83. The maximum Gasteiger partial charge on any atom is 0.0571 e. The van der Waals surface area contributed by atoms with Crippen molar-refractivity contribution in [2.45, 2.75) is 52.1 Å². The van der Waals surface area contributed by atoms with E-state index in [2.05, 4.69) is 13.8 Å². The lowest BCUT2D eigenvalue weighted by Crippen LogP contribution is -2.18. The first-order valence-corrected chi connectivity index (χ1v) is 6.25. The molecule has 0 unspecified atom stereocenters. The summed E-state index contributed by atoms with van der Waals surface area (Å²) in [6.07, 6.45) is 6.61. The first kappa shape index (κ1) is 9.21. The van der Waals surface area contributed by atoms with Crippen LogP contribution in [-0.4, -0.2) is 11.2 Å². The second kappa shape index (κ2) is 2.75. The molecule has 0 heterocycles. The molecule has 0 aliphatic heterocycles. The lowest BCUT2D eigenvalue weighted by atomic mass is 9.83. The fourth-order valence-electron chi connectivity index (χ4n) is 4.80. The molecule has 3 aliphatic rings. The van der Waals surface area contributed by atoms with Crippen LogP contribution in [-0.2, 0) is 0 Å². The summed E-state index contributed by atoms with van der Waals surface area (Å²) in [5.41, 5.74) is 0.591. The summed E-state index contributed by atoms with van der Waals surface area (Å²) in [7, 11) is 0. The molecule has 3 fully saturated rings. The monoisotopic (exact) mass is 194 g/mol. The van der Waals surface area contributed by atoms with Crippen LogP contribution in [0.15, 0.2) is 0 Å². The lowest BCUT2D eigenvalue weighted by molar-refractivity contribution is 0.117. The zero-order valence-electron chi connectivity index (χ0n) is 9.37. The minimum absolute atomic E-state index is 0.0497. The Labute approximate surface area is 86.9 Å². The molecule has 3 saturated carbocycles. The van der Waals surface area contributed by atoms with Crippen molar-refractivity contribution in [1.82, 2.24) is 0 Å². The molecule has 0 spiro atoms. The van der Waals surface area contributed by atoms with Gasteiger partial charge in [-0.3, -0.25) is 0 Å². The molecule has 3 rings (SSSR count). The van der Waals surface area contributed by atoms with Gasteiger partial charge in [-0.1, -0.05) is 13.8 Å². The molecule has 0 aromatic carbocycles. The summed E-state index contributed by atoms with van der Waals surface area (Å²) in [5, 5.41) is 9.88. The molecule has 0 radical (unpaired) electrons.